The molecule has 0 N–H and O–H groups in total. The zero-order valence-electron chi connectivity index (χ0n) is 10.5. The largest absolute Gasteiger partial charge is 0.375 e. The van der Waals surface area contributed by atoms with Gasteiger partial charge < -0.3 is 9.30 Å². The maximum atomic E-state index is 5.89. The van der Waals surface area contributed by atoms with E-state index < -0.39 is 0 Å². The summed E-state index contributed by atoms with van der Waals surface area (Å²) in [5.74, 6) is 1.16. The molecule has 1 saturated heterocycles. The lowest BCUT2D eigenvalue weighted by Crippen LogP contribution is -2.52. The first-order chi connectivity index (χ1) is 8.34. The maximum absolute atomic E-state index is 5.89. The summed E-state index contributed by atoms with van der Waals surface area (Å²) < 4.78 is 8.01. The molecule has 0 radical (unpaired) electrons. The van der Waals surface area contributed by atoms with Gasteiger partial charge in [0.05, 0.1) is 19.3 Å². The van der Waals surface area contributed by atoms with Crippen molar-refractivity contribution in [1.29, 1.82) is 0 Å². The van der Waals surface area contributed by atoms with Crippen molar-refractivity contribution >= 4 is 0 Å². The van der Waals surface area contributed by atoms with E-state index in [1.807, 2.05) is 12.4 Å². The average molecular weight is 235 g/mol. The molecule has 0 aromatic carbocycles. The van der Waals surface area contributed by atoms with Gasteiger partial charge in [0.15, 0.2) is 0 Å². The van der Waals surface area contributed by atoms with Crippen molar-refractivity contribution in [3.8, 4) is 0 Å². The van der Waals surface area contributed by atoms with Crippen molar-refractivity contribution in [3.63, 3.8) is 0 Å². The summed E-state index contributed by atoms with van der Waals surface area (Å²) in [5.41, 5.74) is 0. The highest BCUT2D eigenvalue weighted by Gasteiger charge is 2.34. The Morgan fingerprint density at radius 2 is 2.29 bits per heavy atom. The summed E-state index contributed by atoms with van der Waals surface area (Å²) in [5, 5.41) is 0. The molecule has 1 aromatic rings. The number of hydrogen-bond acceptors (Lipinski definition) is 3. The number of aryl methyl sites for hydroxylation is 1. The molecule has 1 aliphatic carbocycles. The van der Waals surface area contributed by atoms with Gasteiger partial charge in [-0.25, -0.2) is 4.98 Å². The maximum Gasteiger partial charge on any atom is 0.122 e. The fraction of sp³-hybridized carbons (Fsp3) is 0.769. The highest BCUT2D eigenvalue weighted by Crippen LogP contribution is 2.29. The van der Waals surface area contributed by atoms with E-state index in [0.717, 1.165) is 25.5 Å². The Balaban J connectivity index is 1.71. The van der Waals surface area contributed by atoms with Crippen LogP contribution in [0, 0.1) is 0 Å². The third-order valence-corrected chi connectivity index (χ3v) is 4.11. The lowest BCUT2D eigenvalue weighted by atomic mass is 9.90. The second-order valence-electron chi connectivity index (χ2n) is 5.19. The van der Waals surface area contributed by atoms with Gasteiger partial charge in [-0.2, -0.15) is 0 Å². The van der Waals surface area contributed by atoms with Crippen molar-refractivity contribution in [1.82, 2.24) is 14.5 Å². The van der Waals surface area contributed by atoms with Gasteiger partial charge in [-0.3, -0.25) is 4.90 Å². The van der Waals surface area contributed by atoms with E-state index in [-0.39, 0.29) is 0 Å². The minimum absolute atomic E-state index is 0.470. The van der Waals surface area contributed by atoms with Gasteiger partial charge in [0.25, 0.3) is 0 Å². The van der Waals surface area contributed by atoms with Crippen molar-refractivity contribution in [2.75, 3.05) is 13.2 Å². The summed E-state index contributed by atoms with van der Waals surface area (Å²) in [6, 6.07) is 0.620. The summed E-state index contributed by atoms with van der Waals surface area (Å²) in [7, 11) is 2.07. The first-order valence-electron chi connectivity index (χ1n) is 6.66. The Bertz CT molecular complexity index is 374. The Morgan fingerprint density at radius 3 is 3.12 bits per heavy atom. The van der Waals surface area contributed by atoms with Crippen molar-refractivity contribution < 1.29 is 4.74 Å². The molecule has 2 fully saturated rings. The first-order valence-corrected chi connectivity index (χ1v) is 6.66. The molecule has 0 amide bonds. The highest BCUT2D eigenvalue weighted by molar-refractivity contribution is 4.95. The van der Waals surface area contributed by atoms with Crippen LogP contribution in [-0.4, -0.2) is 39.7 Å². The molecule has 17 heavy (non-hydrogen) atoms. The van der Waals surface area contributed by atoms with Gasteiger partial charge in [-0.05, 0) is 12.8 Å². The number of nitrogens with zero attached hydrogens (tertiary/aromatic N) is 3. The normalized spacial score (nSPS) is 30.2. The Hall–Kier alpha value is -0.870. The van der Waals surface area contributed by atoms with Crippen LogP contribution >= 0.6 is 0 Å². The van der Waals surface area contributed by atoms with Crippen LogP contribution < -0.4 is 0 Å². The third-order valence-electron chi connectivity index (χ3n) is 4.11. The van der Waals surface area contributed by atoms with Gasteiger partial charge in [0, 0.05) is 32.0 Å². The lowest BCUT2D eigenvalue weighted by Gasteiger charge is -2.43. The van der Waals surface area contributed by atoms with Gasteiger partial charge in [0.1, 0.15) is 5.82 Å². The van der Waals surface area contributed by atoms with E-state index in [1.165, 1.54) is 25.7 Å². The van der Waals surface area contributed by atoms with Gasteiger partial charge >= 0.3 is 0 Å². The van der Waals surface area contributed by atoms with E-state index in [2.05, 4.69) is 21.5 Å². The van der Waals surface area contributed by atoms with Gasteiger partial charge in [-0.1, -0.05) is 12.8 Å². The molecule has 2 atom stereocenters. The number of imidazole rings is 1. The summed E-state index contributed by atoms with van der Waals surface area (Å²) in [6.07, 6.45) is 9.58. The van der Waals surface area contributed by atoms with Gasteiger partial charge in [-0.15, -0.1) is 0 Å². The highest BCUT2D eigenvalue weighted by atomic mass is 16.5. The second-order valence-corrected chi connectivity index (χ2v) is 5.19. The molecule has 94 valence electrons. The fourth-order valence-electron chi connectivity index (χ4n) is 3.10. The van der Waals surface area contributed by atoms with E-state index in [9.17, 15) is 0 Å². The zero-order chi connectivity index (χ0) is 11.7. The summed E-state index contributed by atoms with van der Waals surface area (Å²) in [6.45, 7) is 2.90. The minimum atomic E-state index is 0.470. The number of fused-ring (bicyclic) bond motifs is 1. The lowest BCUT2D eigenvalue weighted by molar-refractivity contribution is -0.0919. The van der Waals surface area contributed by atoms with E-state index in [4.69, 9.17) is 4.74 Å². The van der Waals surface area contributed by atoms with Crippen LogP contribution in [0.25, 0.3) is 0 Å². The Labute approximate surface area is 103 Å². The standard InChI is InChI=1S/C13H21N3O/c1-15-7-6-14-13(15)10-16-8-9-17-12-5-3-2-4-11(12)16/h6-7,11-12H,2-5,8-10H2,1H3. The van der Waals surface area contributed by atoms with Crippen LogP contribution in [0.5, 0.6) is 0 Å². The van der Waals surface area contributed by atoms with E-state index in [0.29, 0.717) is 12.1 Å². The number of aromatic nitrogens is 2. The number of rotatable bonds is 2. The SMILES string of the molecule is Cn1ccnc1CN1CCOC2CCCCC21. The van der Waals surface area contributed by atoms with E-state index >= 15 is 0 Å². The molecule has 4 heteroatoms. The molecule has 1 aromatic heterocycles. The van der Waals surface area contributed by atoms with Crippen molar-refractivity contribution in [3.05, 3.63) is 18.2 Å². The summed E-state index contributed by atoms with van der Waals surface area (Å²) >= 11 is 0. The van der Waals surface area contributed by atoms with Crippen LogP contribution in [0.4, 0.5) is 0 Å². The van der Waals surface area contributed by atoms with Crippen LogP contribution in [0.2, 0.25) is 0 Å². The van der Waals surface area contributed by atoms with Crippen LogP contribution in [-0.2, 0) is 18.3 Å². The predicted molar refractivity (Wildman–Crippen MR) is 65.6 cm³/mol. The Kier molecular flexibility index (Phi) is 3.16. The van der Waals surface area contributed by atoms with Crippen molar-refractivity contribution in [2.24, 2.45) is 7.05 Å². The van der Waals surface area contributed by atoms with Crippen molar-refractivity contribution in [2.45, 2.75) is 44.4 Å². The zero-order valence-corrected chi connectivity index (χ0v) is 10.5. The molecule has 2 aliphatic rings. The predicted octanol–water partition coefficient (Wildman–Crippen LogP) is 1.56. The monoisotopic (exact) mass is 235 g/mol. The van der Waals surface area contributed by atoms with Gasteiger partial charge in [0.2, 0.25) is 0 Å². The minimum Gasteiger partial charge on any atom is -0.375 e. The topological polar surface area (TPSA) is 30.3 Å². The van der Waals surface area contributed by atoms with E-state index in [1.54, 1.807) is 0 Å². The average Bonchev–Trinajstić information content (AvgIpc) is 2.76. The molecular formula is C13H21N3O. The van der Waals surface area contributed by atoms with Crippen LogP contribution in [0.15, 0.2) is 12.4 Å². The number of ether oxygens (including phenoxy) is 1. The number of hydrogen-bond donors (Lipinski definition) is 0. The molecule has 2 unspecified atom stereocenters. The Morgan fingerprint density at radius 1 is 1.41 bits per heavy atom. The quantitative estimate of drug-likeness (QED) is 0.779. The first kappa shape index (κ1) is 11.2. The molecule has 4 nitrogen and oxygen atoms in total. The molecule has 1 saturated carbocycles. The van der Waals surface area contributed by atoms with Crippen LogP contribution in [0.1, 0.15) is 31.5 Å². The van der Waals surface area contributed by atoms with Crippen LogP contribution in [0.3, 0.4) is 0 Å². The molecule has 1 aliphatic heterocycles. The third kappa shape index (κ3) is 2.24. The number of morpholine rings is 1. The second kappa shape index (κ2) is 4.78. The molecular weight excluding hydrogens is 214 g/mol. The summed E-state index contributed by atoms with van der Waals surface area (Å²) in [4.78, 5) is 6.99. The molecule has 3 rings (SSSR count). The molecule has 0 spiro atoms. The molecule has 0 bridgehead atoms. The smallest absolute Gasteiger partial charge is 0.122 e. The fourth-order valence-corrected chi connectivity index (χ4v) is 3.10. The molecule has 2 heterocycles.